The smallest absolute Gasteiger partial charge is 0.337 e. The monoisotopic (exact) mass is 382 g/mol. The Morgan fingerprint density at radius 2 is 1.62 bits per heavy atom. The zero-order chi connectivity index (χ0) is 19.5. The molecule has 0 bridgehead atoms. The predicted molar refractivity (Wildman–Crippen MR) is 86.6 cm³/mol. The number of nitriles is 1. The summed E-state index contributed by atoms with van der Waals surface area (Å²) in [5.41, 5.74) is -4.10. The molecule has 0 N–H and O–H groups in total. The first-order chi connectivity index (χ1) is 12.1. The SMILES string of the molecule is CN(Cc1ccc(C#N)cc1)C(=O)c1ccc(S(=O)(=O)C(F)(F)F)cc1. The lowest BCUT2D eigenvalue weighted by molar-refractivity contribution is -0.0436. The molecule has 2 aromatic carbocycles. The van der Waals surface area contributed by atoms with E-state index in [0.29, 0.717) is 5.56 Å². The fourth-order valence-corrected chi connectivity index (χ4v) is 2.92. The second-order valence-electron chi connectivity index (χ2n) is 5.44. The number of nitrogens with zero attached hydrogens (tertiary/aromatic N) is 2. The predicted octanol–water partition coefficient (Wildman–Crippen LogP) is 3.12. The Morgan fingerprint density at radius 1 is 1.08 bits per heavy atom. The van der Waals surface area contributed by atoms with Crippen LogP contribution in [0.2, 0.25) is 0 Å². The van der Waals surface area contributed by atoms with Gasteiger partial charge in [0.2, 0.25) is 0 Å². The number of amides is 1. The third kappa shape index (κ3) is 4.03. The normalized spacial score (nSPS) is 11.7. The summed E-state index contributed by atoms with van der Waals surface area (Å²) in [6.45, 7) is 0.215. The fourth-order valence-electron chi connectivity index (χ4n) is 2.16. The molecule has 0 fully saturated rings. The van der Waals surface area contributed by atoms with E-state index in [9.17, 15) is 26.4 Å². The Morgan fingerprint density at radius 3 is 2.08 bits per heavy atom. The summed E-state index contributed by atoms with van der Waals surface area (Å²) in [6.07, 6.45) is 0. The van der Waals surface area contributed by atoms with E-state index in [0.717, 1.165) is 29.8 Å². The van der Waals surface area contributed by atoms with Crippen LogP contribution in [0, 0.1) is 11.3 Å². The molecule has 0 radical (unpaired) electrons. The van der Waals surface area contributed by atoms with Crippen molar-refractivity contribution in [1.29, 1.82) is 5.26 Å². The van der Waals surface area contributed by atoms with Crippen LogP contribution in [0.5, 0.6) is 0 Å². The molecule has 0 heterocycles. The Hall–Kier alpha value is -2.86. The highest BCUT2D eigenvalue weighted by Gasteiger charge is 2.46. The van der Waals surface area contributed by atoms with Crippen molar-refractivity contribution in [3.63, 3.8) is 0 Å². The Labute approximate surface area is 148 Å². The summed E-state index contributed by atoms with van der Waals surface area (Å²) in [4.78, 5) is 12.7. The average molecular weight is 382 g/mol. The van der Waals surface area contributed by atoms with E-state index in [1.165, 1.54) is 11.9 Å². The van der Waals surface area contributed by atoms with E-state index in [1.807, 2.05) is 6.07 Å². The maximum Gasteiger partial charge on any atom is 0.501 e. The van der Waals surface area contributed by atoms with Crippen LogP contribution in [0.15, 0.2) is 53.4 Å². The molecule has 0 aromatic heterocycles. The van der Waals surface area contributed by atoms with Crippen molar-refractivity contribution < 1.29 is 26.4 Å². The molecule has 26 heavy (non-hydrogen) atoms. The molecule has 2 aromatic rings. The van der Waals surface area contributed by atoms with Crippen LogP contribution in [0.3, 0.4) is 0 Å². The lowest BCUT2D eigenvalue weighted by Gasteiger charge is -2.17. The lowest BCUT2D eigenvalue weighted by atomic mass is 10.1. The van der Waals surface area contributed by atoms with Gasteiger partial charge in [0, 0.05) is 19.2 Å². The number of sulfone groups is 1. The first-order valence-electron chi connectivity index (χ1n) is 7.22. The largest absolute Gasteiger partial charge is 0.501 e. The molecule has 0 spiro atoms. The van der Waals surface area contributed by atoms with Crippen molar-refractivity contribution >= 4 is 15.7 Å². The maximum atomic E-state index is 12.5. The van der Waals surface area contributed by atoms with E-state index in [2.05, 4.69) is 0 Å². The third-order valence-electron chi connectivity index (χ3n) is 3.57. The van der Waals surface area contributed by atoms with Crippen LogP contribution in [0.4, 0.5) is 13.2 Å². The summed E-state index contributed by atoms with van der Waals surface area (Å²) < 4.78 is 60.2. The zero-order valence-corrected chi connectivity index (χ0v) is 14.3. The highest BCUT2D eigenvalue weighted by Crippen LogP contribution is 2.30. The number of alkyl halides is 3. The maximum absolute atomic E-state index is 12.5. The van der Waals surface area contributed by atoms with Gasteiger partial charge in [-0.25, -0.2) is 8.42 Å². The average Bonchev–Trinajstić information content (AvgIpc) is 2.60. The number of hydrogen-bond acceptors (Lipinski definition) is 4. The van der Waals surface area contributed by atoms with Crippen LogP contribution < -0.4 is 0 Å². The summed E-state index contributed by atoms with van der Waals surface area (Å²) in [5, 5.41) is 8.75. The lowest BCUT2D eigenvalue weighted by Crippen LogP contribution is -2.26. The van der Waals surface area contributed by atoms with Gasteiger partial charge in [0.25, 0.3) is 15.7 Å². The molecule has 0 aliphatic carbocycles. The van der Waals surface area contributed by atoms with Gasteiger partial charge in [-0.15, -0.1) is 0 Å². The van der Waals surface area contributed by atoms with Gasteiger partial charge in [-0.2, -0.15) is 18.4 Å². The summed E-state index contributed by atoms with van der Waals surface area (Å²) >= 11 is 0. The van der Waals surface area contributed by atoms with E-state index >= 15 is 0 Å². The van der Waals surface area contributed by atoms with Crippen molar-refractivity contribution in [1.82, 2.24) is 4.90 Å². The minimum Gasteiger partial charge on any atom is -0.337 e. The Bertz CT molecular complexity index is 945. The Balaban J connectivity index is 2.15. The quantitative estimate of drug-likeness (QED) is 0.814. The molecule has 0 atom stereocenters. The van der Waals surface area contributed by atoms with Crippen molar-refractivity contribution in [3.05, 3.63) is 65.2 Å². The molecule has 136 valence electrons. The number of hydrogen-bond donors (Lipinski definition) is 0. The molecule has 0 unspecified atom stereocenters. The first kappa shape index (κ1) is 19.5. The van der Waals surface area contributed by atoms with E-state index in [-0.39, 0.29) is 12.1 Å². The van der Waals surface area contributed by atoms with Gasteiger partial charge < -0.3 is 4.90 Å². The molecular weight excluding hydrogens is 369 g/mol. The summed E-state index contributed by atoms with van der Waals surface area (Å²) in [7, 11) is -3.94. The number of halogens is 3. The minimum atomic E-state index is -5.45. The molecule has 9 heteroatoms. The second-order valence-corrected chi connectivity index (χ2v) is 7.38. The van der Waals surface area contributed by atoms with Gasteiger partial charge in [0.1, 0.15) is 0 Å². The van der Waals surface area contributed by atoms with Gasteiger partial charge in [-0.1, -0.05) is 12.1 Å². The van der Waals surface area contributed by atoms with Gasteiger partial charge in [-0.05, 0) is 42.0 Å². The van der Waals surface area contributed by atoms with Crippen molar-refractivity contribution in [2.24, 2.45) is 0 Å². The highest BCUT2D eigenvalue weighted by molar-refractivity contribution is 7.92. The first-order valence-corrected chi connectivity index (χ1v) is 8.70. The number of benzene rings is 2. The van der Waals surface area contributed by atoms with Crippen molar-refractivity contribution in [2.45, 2.75) is 16.9 Å². The summed E-state index contributed by atoms with van der Waals surface area (Å²) in [5.74, 6) is -0.481. The topological polar surface area (TPSA) is 78.2 Å². The highest BCUT2D eigenvalue weighted by atomic mass is 32.2. The molecule has 0 aliphatic heterocycles. The van der Waals surface area contributed by atoms with E-state index in [1.54, 1.807) is 24.3 Å². The molecule has 5 nitrogen and oxygen atoms in total. The number of carbonyl (C=O) groups is 1. The third-order valence-corrected chi connectivity index (χ3v) is 5.07. The number of carbonyl (C=O) groups excluding carboxylic acids is 1. The molecule has 0 aliphatic rings. The second kappa shape index (κ2) is 7.17. The Kier molecular flexibility index (Phi) is 5.37. The van der Waals surface area contributed by atoms with Gasteiger partial charge in [0.05, 0.1) is 16.5 Å². The zero-order valence-electron chi connectivity index (χ0n) is 13.5. The number of rotatable bonds is 4. The van der Waals surface area contributed by atoms with E-state index in [4.69, 9.17) is 5.26 Å². The molecule has 0 saturated heterocycles. The van der Waals surface area contributed by atoms with Gasteiger partial charge in [-0.3, -0.25) is 4.79 Å². The molecular formula is C17H13F3N2O3S. The van der Waals surface area contributed by atoms with Crippen LogP contribution in [-0.4, -0.2) is 31.8 Å². The summed E-state index contributed by atoms with van der Waals surface area (Å²) in [6, 6.07) is 12.1. The van der Waals surface area contributed by atoms with Crippen LogP contribution in [0.25, 0.3) is 0 Å². The fraction of sp³-hybridized carbons (Fsp3) is 0.176. The standard InChI is InChI=1S/C17H13F3N2O3S/c1-22(11-13-4-2-12(10-21)3-5-13)16(23)14-6-8-15(9-7-14)26(24,25)17(18,19)20/h2-9H,11H2,1H3. The van der Waals surface area contributed by atoms with Crippen LogP contribution >= 0.6 is 0 Å². The van der Waals surface area contributed by atoms with Crippen molar-refractivity contribution in [2.75, 3.05) is 7.05 Å². The van der Waals surface area contributed by atoms with Gasteiger partial charge >= 0.3 is 5.51 Å². The van der Waals surface area contributed by atoms with Gasteiger partial charge in [0.15, 0.2) is 0 Å². The minimum absolute atomic E-state index is 0.0577. The van der Waals surface area contributed by atoms with Crippen molar-refractivity contribution in [3.8, 4) is 6.07 Å². The van der Waals surface area contributed by atoms with E-state index < -0.39 is 26.1 Å². The van der Waals surface area contributed by atoms with Crippen LogP contribution in [0.1, 0.15) is 21.5 Å². The van der Waals surface area contributed by atoms with Crippen LogP contribution in [-0.2, 0) is 16.4 Å². The molecule has 0 saturated carbocycles. The molecule has 1 amide bonds. The molecule has 2 rings (SSSR count).